The van der Waals surface area contributed by atoms with Crippen LogP contribution in [0.4, 0.5) is 4.39 Å². The molecular formula is C14H17FN2O3. The minimum Gasteiger partial charge on any atom is -0.507 e. The van der Waals surface area contributed by atoms with Crippen molar-refractivity contribution in [2.75, 3.05) is 19.6 Å². The Morgan fingerprint density at radius 2 is 2.20 bits per heavy atom. The molecule has 6 heteroatoms. The van der Waals surface area contributed by atoms with Crippen molar-refractivity contribution < 1.29 is 19.1 Å². The maximum atomic E-state index is 13.1. The standard InChI is InChI=1S/C14H17FN2O3/c15-10-3-4-12(18)11(6-10)13(19)8-17-5-1-2-9(7-17)14(16)20/h3-4,6,9,18H,1-2,5,7-8H2,(H2,16,20). The van der Waals surface area contributed by atoms with Gasteiger partial charge >= 0.3 is 0 Å². The molecule has 1 aromatic carbocycles. The zero-order valence-electron chi connectivity index (χ0n) is 11.0. The van der Waals surface area contributed by atoms with E-state index in [1.165, 1.54) is 0 Å². The zero-order chi connectivity index (χ0) is 14.7. The summed E-state index contributed by atoms with van der Waals surface area (Å²) in [5, 5.41) is 9.59. The van der Waals surface area contributed by atoms with Crippen molar-refractivity contribution in [3.05, 3.63) is 29.6 Å². The molecule has 1 fully saturated rings. The summed E-state index contributed by atoms with van der Waals surface area (Å²) in [5.74, 6) is -1.79. The fraction of sp³-hybridized carbons (Fsp3) is 0.429. The van der Waals surface area contributed by atoms with E-state index in [1.54, 1.807) is 0 Å². The number of benzene rings is 1. The molecule has 0 saturated carbocycles. The predicted octanol–water partition coefficient (Wildman–Crippen LogP) is 0.911. The molecule has 0 bridgehead atoms. The van der Waals surface area contributed by atoms with Crippen LogP contribution >= 0.6 is 0 Å². The first-order chi connectivity index (χ1) is 9.47. The highest BCUT2D eigenvalue weighted by molar-refractivity contribution is 6.00. The number of ketones is 1. The number of amides is 1. The molecular weight excluding hydrogens is 263 g/mol. The summed E-state index contributed by atoms with van der Waals surface area (Å²) in [4.78, 5) is 25.1. The quantitative estimate of drug-likeness (QED) is 0.803. The number of hydrogen-bond acceptors (Lipinski definition) is 4. The monoisotopic (exact) mass is 280 g/mol. The summed E-state index contributed by atoms with van der Waals surface area (Å²) in [7, 11) is 0. The van der Waals surface area contributed by atoms with E-state index in [1.807, 2.05) is 4.90 Å². The Morgan fingerprint density at radius 3 is 2.90 bits per heavy atom. The van der Waals surface area contributed by atoms with Crippen molar-refractivity contribution in [2.45, 2.75) is 12.8 Å². The van der Waals surface area contributed by atoms with Gasteiger partial charge in [-0.15, -0.1) is 0 Å². The Hall–Kier alpha value is -1.95. The molecule has 2 rings (SSSR count). The SMILES string of the molecule is NC(=O)C1CCCN(CC(=O)c2cc(F)ccc2O)C1. The molecule has 1 atom stereocenters. The maximum Gasteiger partial charge on any atom is 0.221 e. The van der Waals surface area contributed by atoms with Crippen molar-refractivity contribution in [3.8, 4) is 5.75 Å². The van der Waals surface area contributed by atoms with Crippen LogP contribution in [0.5, 0.6) is 5.75 Å². The highest BCUT2D eigenvalue weighted by atomic mass is 19.1. The van der Waals surface area contributed by atoms with Crippen LogP contribution in [-0.4, -0.2) is 41.3 Å². The fourth-order valence-electron chi connectivity index (χ4n) is 2.45. The predicted molar refractivity (Wildman–Crippen MR) is 70.8 cm³/mol. The van der Waals surface area contributed by atoms with Gasteiger partial charge < -0.3 is 10.8 Å². The van der Waals surface area contributed by atoms with E-state index in [0.29, 0.717) is 13.1 Å². The lowest BCUT2D eigenvalue weighted by Crippen LogP contribution is -2.43. The third kappa shape index (κ3) is 3.33. The van der Waals surface area contributed by atoms with Gasteiger partial charge in [-0.05, 0) is 37.6 Å². The third-order valence-corrected chi connectivity index (χ3v) is 3.53. The van der Waals surface area contributed by atoms with Crippen LogP contribution in [-0.2, 0) is 4.79 Å². The van der Waals surface area contributed by atoms with Gasteiger partial charge in [0.1, 0.15) is 11.6 Å². The summed E-state index contributed by atoms with van der Waals surface area (Å²) < 4.78 is 13.1. The lowest BCUT2D eigenvalue weighted by molar-refractivity contribution is -0.123. The van der Waals surface area contributed by atoms with E-state index < -0.39 is 5.82 Å². The number of nitrogens with zero attached hydrogens (tertiary/aromatic N) is 1. The van der Waals surface area contributed by atoms with E-state index in [9.17, 15) is 19.1 Å². The Kier molecular flexibility index (Phi) is 4.34. The molecule has 0 aliphatic carbocycles. The van der Waals surface area contributed by atoms with Crippen molar-refractivity contribution >= 4 is 11.7 Å². The Balaban J connectivity index is 2.04. The molecule has 1 amide bonds. The Bertz CT molecular complexity index is 533. The number of phenolic OH excluding ortho intramolecular Hbond substituents is 1. The lowest BCUT2D eigenvalue weighted by Gasteiger charge is -2.30. The second-order valence-corrected chi connectivity index (χ2v) is 5.06. The Morgan fingerprint density at radius 1 is 1.45 bits per heavy atom. The second kappa shape index (κ2) is 6.00. The number of primary amides is 1. The molecule has 0 aromatic heterocycles. The maximum absolute atomic E-state index is 13.1. The van der Waals surface area contributed by atoms with Crippen LogP contribution in [0.3, 0.4) is 0 Å². The molecule has 1 unspecified atom stereocenters. The summed E-state index contributed by atoms with van der Waals surface area (Å²) in [6, 6.07) is 3.27. The zero-order valence-corrected chi connectivity index (χ0v) is 11.0. The molecule has 0 spiro atoms. The van der Waals surface area contributed by atoms with Gasteiger partial charge in [-0.25, -0.2) is 4.39 Å². The van der Waals surface area contributed by atoms with Crippen LogP contribution in [0.15, 0.2) is 18.2 Å². The summed E-state index contributed by atoms with van der Waals surface area (Å²) >= 11 is 0. The average Bonchev–Trinajstić information content (AvgIpc) is 2.41. The van der Waals surface area contributed by atoms with E-state index in [4.69, 9.17) is 5.73 Å². The number of aromatic hydroxyl groups is 1. The number of phenols is 1. The number of carbonyl (C=O) groups excluding carboxylic acids is 2. The normalized spacial score (nSPS) is 19.8. The number of nitrogens with two attached hydrogens (primary N) is 1. The summed E-state index contributed by atoms with van der Waals surface area (Å²) in [5.41, 5.74) is 5.24. The number of likely N-dealkylation sites (tertiary alicyclic amines) is 1. The molecule has 1 aliphatic heterocycles. The molecule has 3 N–H and O–H groups in total. The van der Waals surface area contributed by atoms with Crippen LogP contribution in [0.2, 0.25) is 0 Å². The largest absolute Gasteiger partial charge is 0.507 e. The van der Waals surface area contributed by atoms with Crippen LogP contribution < -0.4 is 5.73 Å². The van der Waals surface area contributed by atoms with E-state index in [0.717, 1.165) is 31.0 Å². The van der Waals surface area contributed by atoms with Gasteiger partial charge in [-0.1, -0.05) is 0 Å². The number of rotatable bonds is 4. The number of piperidine rings is 1. The molecule has 1 aliphatic rings. The van der Waals surface area contributed by atoms with E-state index >= 15 is 0 Å². The lowest BCUT2D eigenvalue weighted by atomic mass is 9.97. The van der Waals surface area contributed by atoms with Gasteiger partial charge in [-0.3, -0.25) is 14.5 Å². The summed E-state index contributed by atoms with van der Waals surface area (Å²) in [6.45, 7) is 1.16. The molecule has 1 heterocycles. The third-order valence-electron chi connectivity index (χ3n) is 3.53. The number of hydrogen-bond donors (Lipinski definition) is 2. The number of Topliss-reactive ketones (excluding diaryl/α,β-unsaturated/α-hetero) is 1. The Labute approximate surface area is 116 Å². The summed E-state index contributed by atoms with van der Waals surface area (Å²) in [6.07, 6.45) is 1.52. The van der Waals surface area contributed by atoms with Crippen molar-refractivity contribution in [2.24, 2.45) is 11.7 Å². The van der Waals surface area contributed by atoms with Gasteiger partial charge in [0.25, 0.3) is 0 Å². The van der Waals surface area contributed by atoms with Crippen molar-refractivity contribution in [1.29, 1.82) is 0 Å². The van der Waals surface area contributed by atoms with Crippen LogP contribution in [0.1, 0.15) is 23.2 Å². The van der Waals surface area contributed by atoms with Gasteiger partial charge in [0, 0.05) is 6.54 Å². The van der Waals surface area contributed by atoms with Crippen LogP contribution in [0, 0.1) is 11.7 Å². The van der Waals surface area contributed by atoms with Crippen molar-refractivity contribution in [1.82, 2.24) is 4.90 Å². The van der Waals surface area contributed by atoms with Gasteiger partial charge in [-0.2, -0.15) is 0 Å². The highest BCUT2D eigenvalue weighted by Crippen LogP contribution is 2.21. The number of halogens is 1. The first-order valence-electron chi connectivity index (χ1n) is 6.50. The van der Waals surface area contributed by atoms with Crippen LogP contribution in [0.25, 0.3) is 0 Å². The van der Waals surface area contributed by atoms with Gasteiger partial charge in [0.2, 0.25) is 5.91 Å². The fourth-order valence-corrected chi connectivity index (χ4v) is 2.45. The first kappa shape index (κ1) is 14.5. The van der Waals surface area contributed by atoms with Crippen molar-refractivity contribution in [3.63, 3.8) is 0 Å². The first-order valence-corrected chi connectivity index (χ1v) is 6.50. The molecule has 1 saturated heterocycles. The van der Waals surface area contributed by atoms with E-state index in [2.05, 4.69) is 0 Å². The molecule has 5 nitrogen and oxygen atoms in total. The highest BCUT2D eigenvalue weighted by Gasteiger charge is 2.26. The minimum absolute atomic E-state index is 0.0359. The molecule has 108 valence electrons. The average molecular weight is 280 g/mol. The number of carbonyl (C=O) groups is 2. The molecule has 1 aromatic rings. The molecule has 20 heavy (non-hydrogen) atoms. The smallest absolute Gasteiger partial charge is 0.221 e. The molecule has 0 radical (unpaired) electrons. The second-order valence-electron chi connectivity index (χ2n) is 5.06. The topological polar surface area (TPSA) is 83.6 Å². The minimum atomic E-state index is -0.570. The van der Waals surface area contributed by atoms with Gasteiger partial charge in [0.05, 0.1) is 18.0 Å². The van der Waals surface area contributed by atoms with E-state index in [-0.39, 0.29) is 35.5 Å². The van der Waals surface area contributed by atoms with Gasteiger partial charge in [0.15, 0.2) is 5.78 Å².